The van der Waals surface area contributed by atoms with Crippen molar-refractivity contribution in [3.05, 3.63) is 0 Å². The van der Waals surface area contributed by atoms with E-state index in [1.807, 2.05) is 30.4 Å². The van der Waals surface area contributed by atoms with Crippen LogP contribution in [0.25, 0.3) is 0 Å². The SMILES string of the molecule is C[C@@H](C=O)C1(C)SCCS1. The largest absolute Gasteiger partial charge is 0.303 e. The fraction of sp³-hybridized carbons (Fsp3) is 0.857. The Labute approximate surface area is 70.3 Å². The van der Waals surface area contributed by atoms with Crippen LogP contribution in [0.2, 0.25) is 0 Å². The molecule has 1 aliphatic heterocycles. The van der Waals surface area contributed by atoms with Crippen LogP contribution < -0.4 is 0 Å². The predicted octanol–water partition coefficient (Wildman–Crippen LogP) is 2.02. The van der Waals surface area contributed by atoms with Gasteiger partial charge in [0, 0.05) is 17.4 Å². The highest BCUT2D eigenvalue weighted by Gasteiger charge is 2.35. The van der Waals surface area contributed by atoms with E-state index in [0.717, 1.165) is 6.29 Å². The quantitative estimate of drug-likeness (QED) is 0.599. The second kappa shape index (κ2) is 3.18. The molecule has 3 heteroatoms. The molecule has 0 aromatic rings. The van der Waals surface area contributed by atoms with Crippen LogP contribution in [0.3, 0.4) is 0 Å². The second-order valence-corrected chi connectivity index (χ2v) is 5.99. The summed E-state index contributed by atoms with van der Waals surface area (Å²) in [6.07, 6.45) is 1.06. The average molecular weight is 176 g/mol. The van der Waals surface area contributed by atoms with Gasteiger partial charge < -0.3 is 4.79 Å². The Bertz CT molecular complexity index is 130. The summed E-state index contributed by atoms with van der Waals surface area (Å²) in [5, 5.41) is 0. The van der Waals surface area contributed by atoms with Crippen molar-refractivity contribution in [1.29, 1.82) is 0 Å². The Kier molecular flexibility index (Phi) is 2.69. The number of hydrogen-bond acceptors (Lipinski definition) is 3. The Hall–Kier alpha value is 0.370. The van der Waals surface area contributed by atoms with Crippen molar-refractivity contribution in [2.75, 3.05) is 11.5 Å². The Morgan fingerprint density at radius 1 is 1.50 bits per heavy atom. The zero-order chi connectivity index (χ0) is 7.61. The third-order valence-electron chi connectivity index (χ3n) is 1.89. The van der Waals surface area contributed by atoms with Crippen LogP contribution in [-0.4, -0.2) is 21.9 Å². The summed E-state index contributed by atoms with van der Waals surface area (Å²) in [4.78, 5) is 10.5. The highest BCUT2D eigenvalue weighted by Crippen LogP contribution is 2.47. The van der Waals surface area contributed by atoms with Crippen molar-refractivity contribution in [3.8, 4) is 0 Å². The van der Waals surface area contributed by atoms with Crippen LogP contribution >= 0.6 is 23.5 Å². The summed E-state index contributed by atoms with van der Waals surface area (Å²) in [5.41, 5.74) is 0. The van der Waals surface area contributed by atoms with Crippen LogP contribution in [0.1, 0.15) is 13.8 Å². The van der Waals surface area contributed by atoms with Gasteiger partial charge in [0.15, 0.2) is 0 Å². The minimum Gasteiger partial charge on any atom is -0.303 e. The van der Waals surface area contributed by atoms with E-state index in [4.69, 9.17) is 0 Å². The van der Waals surface area contributed by atoms with E-state index in [2.05, 4.69) is 6.92 Å². The topological polar surface area (TPSA) is 17.1 Å². The van der Waals surface area contributed by atoms with E-state index in [1.165, 1.54) is 11.5 Å². The van der Waals surface area contributed by atoms with E-state index >= 15 is 0 Å². The number of aldehydes is 1. The molecule has 0 aromatic heterocycles. The lowest BCUT2D eigenvalue weighted by atomic mass is 10.1. The van der Waals surface area contributed by atoms with Gasteiger partial charge in [0.05, 0.1) is 4.08 Å². The Morgan fingerprint density at radius 3 is 2.40 bits per heavy atom. The lowest BCUT2D eigenvalue weighted by molar-refractivity contribution is -0.110. The predicted molar refractivity (Wildman–Crippen MR) is 48.5 cm³/mol. The molecule has 0 unspecified atom stereocenters. The second-order valence-electron chi connectivity index (χ2n) is 2.64. The van der Waals surface area contributed by atoms with Crippen molar-refractivity contribution < 1.29 is 4.79 Å². The van der Waals surface area contributed by atoms with Gasteiger partial charge in [-0.15, -0.1) is 23.5 Å². The zero-order valence-electron chi connectivity index (χ0n) is 6.29. The minimum absolute atomic E-state index is 0.168. The third-order valence-corrected chi connectivity index (χ3v) is 5.56. The number of thioether (sulfide) groups is 2. The van der Waals surface area contributed by atoms with E-state index < -0.39 is 0 Å². The molecule has 0 aromatic carbocycles. The first-order valence-electron chi connectivity index (χ1n) is 3.42. The summed E-state index contributed by atoms with van der Waals surface area (Å²) < 4.78 is 0.168. The van der Waals surface area contributed by atoms with Crippen molar-refractivity contribution in [2.45, 2.75) is 17.9 Å². The molecule has 0 radical (unpaired) electrons. The molecule has 1 rings (SSSR count). The van der Waals surface area contributed by atoms with Crippen LogP contribution in [0.4, 0.5) is 0 Å². The summed E-state index contributed by atoms with van der Waals surface area (Å²) in [5.74, 6) is 2.57. The molecule has 1 saturated heterocycles. The number of carbonyl (C=O) groups is 1. The maximum absolute atomic E-state index is 10.5. The molecule has 1 atom stereocenters. The molecular weight excluding hydrogens is 164 g/mol. The molecule has 0 N–H and O–H groups in total. The summed E-state index contributed by atoms with van der Waals surface area (Å²) in [7, 11) is 0. The lowest BCUT2D eigenvalue weighted by Gasteiger charge is -2.24. The van der Waals surface area contributed by atoms with Gasteiger partial charge in [-0.3, -0.25) is 0 Å². The van der Waals surface area contributed by atoms with Crippen molar-refractivity contribution >= 4 is 29.8 Å². The van der Waals surface area contributed by atoms with Crippen molar-refractivity contribution in [3.63, 3.8) is 0 Å². The monoisotopic (exact) mass is 176 g/mol. The number of hydrogen-bond donors (Lipinski definition) is 0. The van der Waals surface area contributed by atoms with E-state index in [1.54, 1.807) is 0 Å². The fourth-order valence-corrected chi connectivity index (χ4v) is 3.86. The van der Waals surface area contributed by atoms with Crippen LogP contribution in [-0.2, 0) is 4.79 Å². The highest BCUT2D eigenvalue weighted by atomic mass is 32.2. The van der Waals surface area contributed by atoms with Crippen molar-refractivity contribution in [2.24, 2.45) is 5.92 Å². The first-order chi connectivity index (χ1) is 4.69. The lowest BCUT2D eigenvalue weighted by Crippen LogP contribution is -2.23. The van der Waals surface area contributed by atoms with E-state index in [9.17, 15) is 4.79 Å². The molecule has 1 fully saturated rings. The van der Waals surface area contributed by atoms with Gasteiger partial charge in [-0.1, -0.05) is 6.92 Å². The maximum Gasteiger partial charge on any atom is 0.125 e. The van der Waals surface area contributed by atoms with Crippen molar-refractivity contribution in [1.82, 2.24) is 0 Å². The van der Waals surface area contributed by atoms with Crippen LogP contribution in [0, 0.1) is 5.92 Å². The van der Waals surface area contributed by atoms with Crippen LogP contribution in [0.5, 0.6) is 0 Å². The normalized spacial score (nSPS) is 26.2. The number of carbonyl (C=O) groups excluding carboxylic acids is 1. The first kappa shape index (κ1) is 8.47. The minimum atomic E-state index is 0.168. The van der Waals surface area contributed by atoms with Gasteiger partial charge in [0.25, 0.3) is 0 Å². The molecular formula is C7H12OS2. The van der Waals surface area contributed by atoms with Crippen LogP contribution in [0.15, 0.2) is 0 Å². The van der Waals surface area contributed by atoms with E-state index in [0.29, 0.717) is 0 Å². The molecule has 10 heavy (non-hydrogen) atoms. The Balaban J connectivity index is 2.57. The standard InChI is InChI=1S/C7H12OS2/c1-6(5-8)7(2)9-3-4-10-7/h5-6H,3-4H2,1-2H3/t6-/m0/s1. The number of rotatable bonds is 2. The summed E-state index contributed by atoms with van der Waals surface area (Å²) in [6.45, 7) is 4.16. The smallest absolute Gasteiger partial charge is 0.125 e. The molecule has 0 bridgehead atoms. The maximum atomic E-state index is 10.5. The van der Waals surface area contributed by atoms with Gasteiger partial charge in [0.1, 0.15) is 6.29 Å². The molecule has 1 aliphatic rings. The summed E-state index contributed by atoms with van der Waals surface area (Å²) >= 11 is 3.82. The zero-order valence-corrected chi connectivity index (χ0v) is 7.93. The first-order valence-corrected chi connectivity index (χ1v) is 5.39. The molecule has 0 aliphatic carbocycles. The summed E-state index contributed by atoms with van der Waals surface area (Å²) in [6, 6.07) is 0. The molecule has 0 spiro atoms. The van der Waals surface area contributed by atoms with Gasteiger partial charge in [-0.25, -0.2) is 0 Å². The van der Waals surface area contributed by atoms with Gasteiger partial charge in [-0.05, 0) is 6.92 Å². The Morgan fingerprint density at radius 2 is 2.00 bits per heavy atom. The highest BCUT2D eigenvalue weighted by molar-refractivity contribution is 8.21. The average Bonchev–Trinajstić information content (AvgIpc) is 2.36. The molecule has 58 valence electrons. The van der Waals surface area contributed by atoms with Gasteiger partial charge in [-0.2, -0.15) is 0 Å². The fourth-order valence-electron chi connectivity index (χ4n) is 0.917. The van der Waals surface area contributed by atoms with Gasteiger partial charge >= 0.3 is 0 Å². The van der Waals surface area contributed by atoms with E-state index in [-0.39, 0.29) is 10.00 Å². The third kappa shape index (κ3) is 1.51. The molecule has 1 heterocycles. The molecule has 0 saturated carbocycles. The molecule has 1 nitrogen and oxygen atoms in total. The molecule has 0 amide bonds. The van der Waals surface area contributed by atoms with Gasteiger partial charge in [0.2, 0.25) is 0 Å².